The van der Waals surface area contributed by atoms with Gasteiger partial charge in [0.15, 0.2) is 5.96 Å². The normalized spacial score (nSPS) is 18.0. The first-order valence-corrected chi connectivity index (χ1v) is 9.81. The molecule has 1 aliphatic rings. The Morgan fingerprint density at radius 2 is 2.12 bits per heavy atom. The topological polar surface area (TPSA) is 39.7 Å². The Morgan fingerprint density at radius 3 is 2.71 bits per heavy atom. The van der Waals surface area contributed by atoms with Gasteiger partial charge in [-0.2, -0.15) is 0 Å². The van der Waals surface area contributed by atoms with Crippen LogP contribution in [0.3, 0.4) is 0 Å². The molecule has 0 aromatic carbocycles. The van der Waals surface area contributed by atoms with Crippen LogP contribution in [0.15, 0.2) is 22.5 Å². The predicted octanol–water partition coefficient (Wildman–Crippen LogP) is 3.76. The Hall–Kier alpha value is -0.340. The zero-order valence-corrected chi connectivity index (χ0v) is 18.4. The van der Waals surface area contributed by atoms with Gasteiger partial charge in [0, 0.05) is 30.9 Å². The van der Waals surface area contributed by atoms with Gasteiger partial charge in [-0.15, -0.1) is 35.3 Å². The average molecular weight is 464 g/mol. The van der Waals surface area contributed by atoms with Gasteiger partial charge in [0.2, 0.25) is 0 Å². The van der Waals surface area contributed by atoms with Gasteiger partial charge >= 0.3 is 0 Å². The molecule has 0 spiro atoms. The van der Waals surface area contributed by atoms with Crippen LogP contribution in [0.2, 0.25) is 0 Å². The van der Waals surface area contributed by atoms with E-state index in [4.69, 9.17) is 0 Å². The van der Waals surface area contributed by atoms with Crippen molar-refractivity contribution in [1.82, 2.24) is 15.5 Å². The molecule has 0 aliphatic carbocycles. The van der Waals surface area contributed by atoms with Crippen LogP contribution in [-0.2, 0) is 0 Å². The molecule has 4 nitrogen and oxygen atoms in total. The van der Waals surface area contributed by atoms with Gasteiger partial charge in [-0.1, -0.05) is 19.9 Å². The molecule has 1 atom stereocenters. The minimum absolute atomic E-state index is 0. The predicted molar refractivity (Wildman–Crippen MR) is 117 cm³/mol. The van der Waals surface area contributed by atoms with Crippen LogP contribution in [-0.4, -0.2) is 50.6 Å². The lowest BCUT2D eigenvalue weighted by Gasteiger charge is -2.32. The molecule has 2 heterocycles. The highest BCUT2D eigenvalue weighted by molar-refractivity contribution is 14.0. The van der Waals surface area contributed by atoms with Crippen molar-refractivity contribution < 1.29 is 0 Å². The van der Waals surface area contributed by atoms with E-state index in [0.717, 1.165) is 25.0 Å². The Morgan fingerprint density at radius 1 is 1.38 bits per heavy atom. The first-order chi connectivity index (χ1) is 11.2. The van der Waals surface area contributed by atoms with Gasteiger partial charge in [-0.05, 0) is 56.3 Å². The molecule has 1 aromatic rings. The maximum atomic E-state index is 4.36. The summed E-state index contributed by atoms with van der Waals surface area (Å²) in [5.74, 6) is 2.23. The molecule has 1 aromatic heterocycles. The van der Waals surface area contributed by atoms with E-state index in [0.29, 0.717) is 5.92 Å². The van der Waals surface area contributed by atoms with Crippen LogP contribution in [0.4, 0.5) is 0 Å². The number of aliphatic imine (C=N–C) groups is 1. The van der Waals surface area contributed by atoms with Crippen molar-refractivity contribution in [3.05, 3.63) is 22.4 Å². The van der Waals surface area contributed by atoms with Crippen molar-refractivity contribution in [1.29, 1.82) is 0 Å². The van der Waals surface area contributed by atoms with Crippen molar-refractivity contribution in [3.63, 3.8) is 0 Å². The molecule has 2 N–H and O–H groups in total. The molecule has 1 fully saturated rings. The van der Waals surface area contributed by atoms with Gasteiger partial charge in [-0.25, -0.2) is 0 Å². The maximum Gasteiger partial charge on any atom is 0.191 e. The fourth-order valence-electron chi connectivity index (χ4n) is 3.11. The summed E-state index contributed by atoms with van der Waals surface area (Å²) >= 11 is 1.83. The second-order valence-corrected chi connectivity index (χ2v) is 7.51. The minimum atomic E-state index is 0. The summed E-state index contributed by atoms with van der Waals surface area (Å²) in [6.45, 7) is 10.2. The molecular formula is C18H33IN4S. The third kappa shape index (κ3) is 7.27. The summed E-state index contributed by atoms with van der Waals surface area (Å²) in [4.78, 5) is 8.37. The second kappa shape index (κ2) is 12.1. The Labute approximate surface area is 168 Å². The first-order valence-electron chi connectivity index (χ1n) is 8.93. The summed E-state index contributed by atoms with van der Waals surface area (Å²) in [6, 6.07) is 4.33. The highest BCUT2D eigenvalue weighted by Gasteiger charge is 2.18. The highest BCUT2D eigenvalue weighted by atomic mass is 127. The van der Waals surface area contributed by atoms with Gasteiger partial charge in [0.1, 0.15) is 0 Å². The molecule has 6 heteroatoms. The van der Waals surface area contributed by atoms with Gasteiger partial charge in [0.25, 0.3) is 0 Å². The van der Waals surface area contributed by atoms with Crippen LogP contribution >= 0.6 is 35.3 Å². The minimum Gasteiger partial charge on any atom is -0.356 e. The molecule has 0 saturated carbocycles. The molecule has 138 valence electrons. The number of rotatable bonds is 7. The quantitative estimate of drug-likeness (QED) is 0.367. The second-order valence-electron chi connectivity index (χ2n) is 6.54. The molecule has 2 rings (SSSR count). The summed E-state index contributed by atoms with van der Waals surface area (Å²) in [6.07, 6.45) is 3.87. The lowest BCUT2D eigenvalue weighted by Crippen LogP contribution is -2.43. The molecule has 0 bridgehead atoms. The van der Waals surface area contributed by atoms with Crippen LogP contribution in [0.25, 0.3) is 0 Å². The SMILES string of the molecule is CCCN1CCC(CNC(=NC)NCC(C)c2cccs2)CC1.I. The Bertz CT molecular complexity index is 456. The average Bonchev–Trinajstić information content (AvgIpc) is 3.11. The highest BCUT2D eigenvalue weighted by Crippen LogP contribution is 2.19. The number of nitrogens with one attached hydrogen (secondary N) is 2. The molecule has 1 saturated heterocycles. The van der Waals surface area contributed by atoms with Crippen molar-refractivity contribution in [2.24, 2.45) is 10.9 Å². The zero-order valence-electron chi connectivity index (χ0n) is 15.3. The van der Waals surface area contributed by atoms with Gasteiger partial charge < -0.3 is 15.5 Å². The van der Waals surface area contributed by atoms with Gasteiger partial charge in [0.05, 0.1) is 0 Å². The largest absolute Gasteiger partial charge is 0.356 e. The monoisotopic (exact) mass is 464 g/mol. The fraction of sp³-hybridized carbons (Fsp3) is 0.722. The Balaban J connectivity index is 0.00000288. The fourth-order valence-corrected chi connectivity index (χ4v) is 3.90. The van der Waals surface area contributed by atoms with Crippen molar-refractivity contribution in [2.75, 3.05) is 39.8 Å². The summed E-state index contributed by atoms with van der Waals surface area (Å²) < 4.78 is 0. The molecule has 0 amide bonds. The number of halogens is 1. The third-order valence-corrected chi connectivity index (χ3v) is 5.74. The van der Waals surface area contributed by atoms with Crippen LogP contribution in [0.1, 0.15) is 43.9 Å². The van der Waals surface area contributed by atoms with E-state index in [1.807, 2.05) is 18.4 Å². The van der Waals surface area contributed by atoms with Crippen LogP contribution in [0.5, 0.6) is 0 Å². The number of guanidine groups is 1. The van der Waals surface area contributed by atoms with E-state index in [-0.39, 0.29) is 24.0 Å². The van der Waals surface area contributed by atoms with Gasteiger partial charge in [-0.3, -0.25) is 4.99 Å². The van der Waals surface area contributed by atoms with Crippen molar-refractivity contribution in [2.45, 2.75) is 39.0 Å². The Kier molecular flexibility index (Phi) is 10.9. The van der Waals surface area contributed by atoms with Crippen molar-refractivity contribution >= 4 is 41.3 Å². The van der Waals surface area contributed by atoms with E-state index < -0.39 is 0 Å². The van der Waals surface area contributed by atoms with E-state index in [9.17, 15) is 0 Å². The van der Waals surface area contributed by atoms with E-state index in [1.54, 1.807) is 0 Å². The van der Waals surface area contributed by atoms with Crippen LogP contribution in [0, 0.1) is 5.92 Å². The van der Waals surface area contributed by atoms with Crippen molar-refractivity contribution in [3.8, 4) is 0 Å². The van der Waals surface area contributed by atoms with E-state index in [2.05, 4.69) is 51.9 Å². The smallest absolute Gasteiger partial charge is 0.191 e. The number of hydrogen-bond acceptors (Lipinski definition) is 3. The summed E-state index contributed by atoms with van der Waals surface area (Å²) in [5, 5.41) is 9.11. The third-order valence-electron chi connectivity index (χ3n) is 4.63. The molecule has 24 heavy (non-hydrogen) atoms. The number of hydrogen-bond donors (Lipinski definition) is 2. The standard InChI is InChI=1S/C18H32N4S.HI/c1-4-9-22-10-7-16(8-11-22)14-21-18(19-3)20-13-15(2)17-6-5-12-23-17;/h5-6,12,15-16H,4,7-11,13-14H2,1-3H3,(H2,19,20,21);1H. The van der Waals surface area contributed by atoms with E-state index in [1.165, 1.54) is 43.8 Å². The lowest BCUT2D eigenvalue weighted by molar-refractivity contribution is 0.185. The van der Waals surface area contributed by atoms with E-state index >= 15 is 0 Å². The lowest BCUT2D eigenvalue weighted by atomic mass is 9.97. The molecule has 1 aliphatic heterocycles. The molecule has 0 radical (unpaired) electrons. The first kappa shape index (κ1) is 21.7. The summed E-state index contributed by atoms with van der Waals surface area (Å²) in [7, 11) is 1.86. The number of piperidine rings is 1. The zero-order chi connectivity index (χ0) is 16.5. The molecular weight excluding hydrogens is 431 g/mol. The number of likely N-dealkylation sites (tertiary alicyclic amines) is 1. The summed E-state index contributed by atoms with van der Waals surface area (Å²) in [5.41, 5.74) is 0. The van der Waals surface area contributed by atoms with Crippen LogP contribution < -0.4 is 10.6 Å². The number of nitrogens with zero attached hydrogens (tertiary/aromatic N) is 2. The number of thiophene rings is 1. The maximum absolute atomic E-state index is 4.36. The molecule has 1 unspecified atom stereocenters.